The third-order valence-electron chi connectivity index (χ3n) is 5.02. The van der Waals surface area contributed by atoms with Crippen molar-refractivity contribution >= 4 is 29.2 Å². The van der Waals surface area contributed by atoms with Gasteiger partial charge in [-0.2, -0.15) is 0 Å². The molecule has 3 aromatic rings. The van der Waals surface area contributed by atoms with Crippen LogP contribution in [0.1, 0.15) is 48.7 Å². The molecule has 1 saturated carbocycles. The second kappa shape index (κ2) is 10.2. The Morgan fingerprint density at radius 1 is 1.17 bits per heavy atom. The van der Waals surface area contributed by atoms with Crippen molar-refractivity contribution in [2.45, 2.75) is 38.2 Å². The summed E-state index contributed by atoms with van der Waals surface area (Å²) in [5.41, 5.74) is -1.30. The summed E-state index contributed by atoms with van der Waals surface area (Å²) in [5.74, 6) is -3.55. The fourth-order valence-corrected chi connectivity index (χ4v) is 3.09. The molecular formula is C23H23F2N7O4. The van der Waals surface area contributed by atoms with Gasteiger partial charge in [0.05, 0.1) is 46.8 Å². The summed E-state index contributed by atoms with van der Waals surface area (Å²) in [5, 5.41) is 17.2. The average Bonchev–Trinajstić information content (AvgIpc) is 3.67. The number of carbonyl (C=O) groups excluding carboxylic acids is 2. The van der Waals surface area contributed by atoms with Crippen LogP contribution in [-0.4, -0.2) is 49.2 Å². The molecule has 13 heteroatoms. The van der Waals surface area contributed by atoms with Gasteiger partial charge in [-0.25, -0.2) is 33.5 Å². The molecule has 1 aromatic carbocycles. The van der Waals surface area contributed by atoms with Gasteiger partial charge in [-0.05, 0) is 38.8 Å². The summed E-state index contributed by atoms with van der Waals surface area (Å²) in [6, 6.07) is 1.75. The van der Waals surface area contributed by atoms with E-state index in [1.165, 1.54) is 32.6 Å². The molecule has 1 fully saturated rings. The number of carbonyl (C=O) groups is 2. The van der Waals surface area contributed by atoms with E-state index >= 15 is 0 Å². The third-order valence-corrected chi connectivity index (χ3v) is 5.02. The van der Waals surface area contributed by atoms with E-state index in [4.69, 9.17) is 4.74 Å². The van der Waals surface area contributed by atoms with E-state index in [0.717, 1.165) is 25.0 Å². The summed E-state index contributed by atoms with van der Waals surface area (Å²) in [4.78, 5) is 41.7. The number of halogens is 2. The molecule has 0 aliphatic heterocycles. The Hall–Kier alpha value is -4.26. The van der Waals surface area contributed by atoms with Crippen LogP contribution >= 0.6 is 0 Å². The molecule has 0 spiro atoms. The summed E-state index contributed by atoms with van der Waals surface area (Å²) >= 11 is 0. The molecule has 2 amide bonds. The van der Waals surface area contributed by atoms with Crippen molar-refractivity contribution in [1.29, 1.82) is 0 Å². The number of nitrogens with one attached hydrogen (secondary N) is 3. The molecule has 1 aliphatic rings. The zero-order chi connectivity index (χ0) is 25.9. The highest BCUT2D eigenvalue weighted by molar-refractivity contribution is 6.03. The highest BCUT2D eigenvalue weighted by Crippen LogP contribution is 2.40. The quantitative estimate of drug-likeness (QED) is 0.366. The van der Waals surface area contributed by atoms with Crippen LogP contribution in [0.4, 0.5) is 30.8 Å². The van der Waals surface area contributed by atoms with Crippen molar-refractivity contribution in [3.63, 3.8) is 0 Å². The van der Waals surface area contributed by atoms with Crippen molar-refractivity contribution < 1.29 is 28.2 Å². The molecule has 0 bridgehead atoms. The number of anilines is 3. The number of ether oxygens (including phenoxy) is 1. The van der Waals surface area contributed by atoms with Gasteiger partial charge in [0.1, 0.15) is 6.33 Å². The van der Waals surface area contributed by atoms with Crippen LogP contribution in [0.15, 0.2) is 37.1 Å². The third kappa shape index (κ3) is 6.24. The molecule has 0 atom stereocenters. The predicted octanol–water partition coefficient (Wildman–Crippen LogP) is 3.28. The van der Waals surface area contributed by atoms with Crippen LogP contribution in [0.2, 0.25) is 0 Å². The van der Waals surface area contributed by atoms with Crippen LogP contribution < -0.4 is 20.7 Å². The lowest BCUT2D eigenvalue weighted by Crippen LogP contribution is -2.38. The second-order valence-corrected chi connectivity index (χ2v) is 8.77. The van der Waals surface area contributed by atoms with Gasteiger partial charge in [0.2, 0.25) is 0 Å². The van der Waals surface area contributed by atoms with Crippen LogP contribution in [0.3, 0.4) is 0 Å². The first-order valence-corrected chi connectivity index (χ1v) is 11.0. The minimum Gasteiger partial charge on any atom is -0.389 e. The summed E-state index contributed by atoms with van der Waals surface area (Å²) in [7, 11) is 0. The molecule has 2 aromatic heterocycles. The molecule has 0 radical (unpaired) electrons. The first-order chi connectivity index (χ1) is 17.1. The van der Waals surface area contributed by atoms with Crippen molar-refractivity contribution in [2.75, 3.05) is 17.2 Å². The van der Waals surface area contributed by atoms with Gasteiger partial charge in [-0.3, -0.25) is 10.1 Å². The predicted molar refractivity (Wildman–Crippen MR) is 124 cm³/mol. The van der Waals surface area contributed by atoms with Crippen molar-refractivity contribution in [2.24, 2.45) is 0 Å². The second-order valence-electron chi connectivity index (χ2n) is 8.77. The van der Waals surface area contributed by atoms with Gasteiger partial charge in [0.15, 0.2) is 17.5 Å². The maximum atomic E-state index is 14.6. The van der Waals surface area contributed by atoms with Gasteiger partial charge in [-0.15, -0.1) is 0 Å². The molecule has 36 heavy (non-hydrogen) atoms. The maximum absolute atomic E-state index is 14.6. The Labute approximate surface area is 204 Å². The van der Waals surface area contributed by atoms with Gasteiger partial charge >= 0.3 is 6.09 Å². The molecule has 4 N–H and O–H groups in total. The van der Waals surface area contributed by atoms with Crippen molar-refractivity contribution in [1.82, 2.24) is 25.3 Å². The highest BCUT2D eigenvalue weighted by Gasteiger charge is 2.28. The van der Waals surface area contributed by atoms with Gasteiger partial charge in [0.25, 0.3) is 11.8 Å². The zero-order valence-corrected chi connectivity index (χ0v) is 19.4. The zero-order valence-electron chi connectivity index (χ0n) is 19.4. The summed E-state index contributed by atoms with van der Waals surface area (Å²) in [6.45, 7) is 2.74. The Kier molecular flexibility index (Phi) is 7.01. The Balaban J connectivity index is 1.57. The van der Waals surface area contributed by atoms with Gasteiger partial charge in [0, 0.05) is 12.5 Å². The van der Waals surface area contributed by atoms with E-state index in [0.29, 0.717) is 11.4 Å². The van der Waals surface area contributed by atoms with E-state index in [9.17, 15) is 23.5 Å². The number of nitrogens with zero attached hydrogens (tertiary/aromatic N) is 4. The lowest BCUT2D eigenvalue weighted by atomic mass is 10.1. The molecule has 11 nitrogen and oxygen atoms in total. The van der Waals surface area contributed by atoms with Gasteiger partial charge in [-0.1, -0.05) is 0 Å². The number of rotatable bonds is 8. The van der Waals surface area contributed by atoms with E-state index in [1.807, 2.05) is 0 Å². The van der Waals surface area contributed by atoms with E-state index in [-0.39, 0.29) is 29.7 Å². The lowest BCUT2D eigenvalue weighted by molar-refractivity contribution is 0.0694. The SMILES string of the molecule is CC(C)(O)CNC(=O)c1ccc(F)c(F)c1NC(=O)Oc1nc(C2CC2)cnc1Nc1cncnc1. The fourth-order valence-electron chi connectivity index (χ4n) is 3.09. The molecule has 0 unspecified atom stereocenters. The minimum atomic E-state index is -1.46. The first-order valence-electron chi connectivity index (χ1n) is 11.0. The first kappa shape index (κ1) is 24.9. The monoisotopic (exact) mass is 499 g/mol. The van der Waals surface area contributed by atoms with Crippen molar-refractivity contribution in [3.05, 3.63) is 59.9 Å². The Morgan fingerprint density at radius 2 is 1.89 bits per heavy atom. The van der Waals surface area contributed by atoms with Crippen LogP contribution in [0.25, 0.3) is 0 Å². The maximum Gasteiger partial charge on any atom is 0.418 e. The number of aromatic nitrogens is 4. The number of benzene rings is 1. The molecule has 0 saturated heterocycles. The van der Waals surface area contributed by atoms with Crippen molar-refractivity contribution in [3.8, 4) is 5.88 Å². The molecule has 188 valence electrons. The van der Waals surface area contributed by atoms with E-state index < -0.39 is 34.9 Å². The molecule has 1 aliphatic carbocycles. The fraction of sp³-hybridized carbons (Fsp3) is 0.304. The standard InChI is InChI=1S/C23H23F2N7O4/c1-23(2,35)10-29-20(33)14-5-6-15(24)17(25)18(14)32-22(34)36-21-19(30-13-7-26-11-27-8-13)28-9-16(31-21)12-3-4-12/h5-9,11-12,35H,3-4,10H2,1-2H3,(H,28,30)(H,29,33)(H,32,34). The Bertz CT molecular complexity index is 1280. The molecule has 4 rings (SSSR count). The smallest absolute Gasteiger partial charge is 0.389 e. The number of hydrogen-bond acceptors (Lipinski definition) is 9. The highest BCUT2D eigenvalue weighted by atomic mass is 19.2. The average molecular weight is 499 g/mol. The summed E-state index contributed by atoms with van der Waals surface area (Å²) in [6.07, 6.45) is 6.41. The topological polar surface area (TPSA) is 151 Å². The number of aliphatic hydroxyl groups is 1. The normalized spacial score (nSPS) is 13.1. The van der Waals surface area contributed by atoms with Crippen LogP contribution in [0, 0.1) is 11.6 Å². The summed E-state index contributed by atoms with van der Waals surface area (Å²) < 4.78 is 33.9. The molecular weight excluding hydrogens is 476 g/mol. The molecule has 2 heterocycles. The van der Waals surface area contributed by atoms with Gasteiger partial charge < -0.3 is 20.5 Å². The number of hydrogen-bond donors (Lipinski definition) is 4. The van der Waals surface area contributed by atoms with Crippen LogP contribution in [0.5, 0.6) is 5.88 Å². The van der Waals surface area contributed by atoms with Crippen LogP contribution in [-0.2, 0) is 0 Å². The van der Waals surface area contributed by atoms with E-state index in [1.54, 1.807) is 6.20 Å². The van der Waals surface area contributed by atoms with E-state index in [2.05, 4.69) is 35.9 Å². The minimum absolute atomic E-state index is 0.0622. The Morgan fingerprint density at radius 3 is 2.56 bits per heavy atom. The number of amides is 2. The largest absolute Gasteiger partial charge is 0.418 e. The lowest BCUT2D eigenvalue weighted by Gasteiger charge is -2.19.